The minimum atomic E-state index is -0.210. The molecule has 0 radical (unpaired) electrons. The Bertz CT molecular complexity index is 734. The van der Waals surface area contributed by atoms with Gasteiger partial charge in [-0.2, -0.15) is 0 Å². The normalized spacial score (nSPS) is 10.8. The molecule has 0 unspecified atom stereocenters. The Labute approximate surface area is 110 Å². The van der Waals surface area contributed by atoms with Gasteiger partial charge in [-0.25, -0.2) is 4.39 Å². The SMILES string of the molecule is OCc1cccc(-c2ccc(F)c3ccccc23)c1. The molecule has 0 fully saturated rings. The maximum Gasteiger partial charge on any atom is 0.131 e. The highest BCUT2D eigenvalue weighted by Gasteiger charge is 2.07. The maximum atomic E-state index is 13.8. The number of rotatable bonds is 2. The largest absolute Gasteiger partial charge is 0.392 e. The average molecular weight is 252 g/mol. The van der Waals surface area contributed by atoms with Gasteiger partial charge < -0.3 is 5.11 Å². The van der Waals surface area contributed by atoms with Gasteiger partial charge in [0, 0.05) is 5.39 Å². The lowest BCUT2D eigenvalue weighted by Crippen LogP contribution is -1.87. The molecule has 0 bridgehead atoms. The molecule has 1 nitrogen and oxygen atoms in total. The lowest BCUT2D eigenvalue weighted by atomic mass is 9.97. The molecule has 0 amide bonds. The molecule has 94 valence electrons. The third-order valence-electron chi connectivity index (χ3n) is 3.29. The molecule has 0 saturated heterocycles. The number of aliphatic hydroxyl groups is 1. The molecule has 3 rings (SSSR count). The van der Waals surface area contributed by atoms with Gasteiger partial charge in [0.25, 0.3) is 0 Å². The standard InChI is InChI=1S/C17H13FO/c18-17-9-8-14(15-6-1-2-7-16(15)17)13-5-3-4-12(10-13)11-19/h1-10,19H,11H2. The average Bonchev–Trinajstić information content (AvgIpc) is 2.48. The Hall–Kier alpha value is -2.19. The van der Waals surface area contributed by atoms with Crippen LogP contribution in [0.25, 0.3) is 21.9 Å². The van der Waals surface area contributed by atoms with Crippen molar-refractivity contribution >= 4 is 10.8 Å². The van der Waals surface area contributed by atoms with E-state index in [-0.39, 0.29) is 12.4 Å². The molecule has 0 heterocycles. The molecule has 0 spiro atoms. The molecule has 0 aliphatic carbocycles. The van der Waals surface area contributed by atoms with Gasteiger partial charge >= 0.3 is 0 Å². The third-order valence-corrected chi connectivity index (χ3v) is 3.29. The van der Waals surface area contributed by atoms with Crippen LogP contribution in [0.2, 0.25) is 0 Å². The lowest BCUT2D eigenvalue weighted by molar-refractivity contribution is 0.282. The smallest absolute Gasteiger partial charge is 0.131 e. The van der Waals surface area contributed by atoms with Gasteiger partial charge in [-0.05, 0) is 34.2 Å². The summed E-state index contributed by atoms with van der Waals surface area (Å²) in [5, 5.41) is 10.7. The molecule has 2 heteroatoms. The number of fused-ring (bicyclic) bond motifs is 1. The molecule has 0 aromatic heterocycles. The highest BCUT2D eigenvalue weighted by Crippen LogP contribution is 2.30. The van der Waals surface area contributed by atoms with Gasteiger partial charge in [0.2, 0.25) is 0 Å². The van der Waals surface area contributed by atoms with Crippen molar-refractivity contribution in [1.82, 2.24) is 0 Å². The van der Waals surface area contributed by atoms with Crippen LogP contribution in [-0.4, -0.2) is 5.11 Å². The Kier molecular flexibility index (Phi) is 3.02. The van der Waals surface area contributed by atoms with Crippen LogP contribution in [-0.2, 0) is 6.61 Å². The number of halogens is 1. The summed E-state index contributed by atoms with van der Waals surface area (Å²) in [7, 11) is 0. The zero-order valence-electron chi connectivity index (χ0n) is 10.3. The molecule has 0 aliphatic rings. The van der Waals surface area contributed by atoms with E-state index >= 15 is 0 Å². The third kappa shape index (κ3) is 2.11. The Morgan fingerprint density at radius 2 is 1.63 bits per heavy atom. The zero-order chi connectivity index (χ0) is 13.2. The van der Waals surface area contributed by atoms with Crippen molar-refractivity contribution < 1.29 is 9.50 Å². The summed E-state index contributed by atoms with van der Waals surface area (Å²) in [6.45, 7) is 0.00691. The van der Waals surface area contributed by atoms with Crippen molar-refractivity contribution in [2.24, 2.45) is 0 Å². The minimum Gasteiger partial charge on any atom is -0.392 e. The molecule has 0 saturated carbocycles. The number of hydrogen-bond donors (Lipinski definition) is 1. The molecule has 3 aromatic carbocycles. The van der Waals surface area contributed by atoms with Crippen LogP contribution in [0.4, 0.5) is 4.39 Å². The number of aliphatic hydroxyl groups excluding tert-OH is 1. The second kappa shape index (κ2) is 4.82. The highest BCUT2D eigenvalue weighted by molar-refractivity contribution is 5.97. The predicted molar refractivity (Wildman–Crippen MR) is 75.3 cm³/mol. The van der Waals surface area contributed by atoms with Crippen LogP contribution in [0, 0.1) is 5.82 Å². The van der Waals surface area contributed by atoms with Crippen molar-refractivity contribution in [3.63, 3.8) is 0 Å². The maximum absolute atomic E-state index is 13.8. The van der Waals surface area contributed by atoms with Gasteiger partial charge in [0.1, 0.15) is 5.82 Å². The Balaban J connectivity index is 2.28. The van der Waals surface area contributed by atoms with Crippen molar-refractivity contribution in [3.8, 4) is 11.1 Å². The molecular weight excluding hydrogens is 239 g/mol. The van der Waals surface area contributed by atoms with E-state index in [0.717, 1.165) is 22.1 Å². The van der Waals surface area contributed by atoms with Gasteiger partial charge in [0.05, 0.1) is 6.61 Å². The summed E-state index contributed by atoms with van der Waals surface area (Å²) in [6, 6.07) is 18.4. The molecule has 0 aliphatic heterocycles. The van der Waals surface area contributed by atoms with E-state index in [1.165, 1.54) is 6.07 Å². The van der Waals surface area contributed by atoms with Crippen molar-refractivity contribution in [3.05, 3.63) is 72.0 Å². The minimum absolute atomic E-state index is 0.00691. The van der Waals surface area contributed by atoms with Gasteiger partial charge in [-0.3, -0.25) is 0 Å². The first-order chi connectivity index (χ1) is 9.29. The quantitative estimate of drug-likeness (QED) is 0.726. The van der Waals surface area contributed by atoms with E-state index in [1.807, 2.05) is 42.5 Å². The predicted octanol–water partition coefficient (Wildman–Crippen LogP) is 4.14. The van der Waals surface area contributed by atoms with Crippen LogP contribution in [0.1, 0.15) is 5.56 Å². The van der Waals surface area contributed by atoms with Gasteiger partial charge in [-0.15, -0.1) is 0 Å². The first-order valence-corrected chi connectivity index (χ1v) is 6.17. The fourth-order valence-electron chi connectivity index (χ4n) is 2.35. The fraction of sp³-hybridized carbons (Fsp3) is 0.0588. The van der Waals surface area contributed by atoms with E-state index in [2.05, 4.69) is 0 Å². The summed E-state index contributed by atoms with van der Waals surface area (Å²) >= 11 is 0. The molecular formula is C17H13FO. The van der Waals surface area contributed by atoms with E-state index < -0.39 is 0 Å². The summed E-state index contributed by atoms with van der Waals surface area (Å²) in [4.78, 5) is 0. The van der Waals surface area contributed by atoms with Crippen LogP contribution >= 0.6 is 0 Å². The van der Waals surface area contributed by atoms with Crippen molar-refractivity contribution in [1.29, 1.82) is 0 Å². The van der Waals surface area contributed by atoms with E-state index in [4.69, 9.17) is 0 Å². The zero-order valence-corrected chi connectivity index (χ0v) is 10.3. The number of benzene rings is 3. The molecule has 3 aromatic rings. The Morgan fingerprint density at radius 3 is 2.42 bits per heavy atom. The monoisotopic (exact) mass is 252 g/mol. The highest BCUT2D eigenvalue weighted by atomic mass is 19.1. The molecule has 1 N–H and O–H groups in total. The van der Waals surface area contributed by atoms with Gasteiger partial charge in [0.15, 0.2) is 0 Å². The Morgan fingerprint density at radius 1 is 0.842 bits per heavy atom. The van der Waals surface area contributed by atoms with E-state index in [9.17, 15) is 9.50 Å². The van der Waals surface area contributed by atoms with E-state index in [0.29, 0.717) is 5.39 Å². The van der Waals surface area contributed by atoms with Crippen LogP contribution in [0.15, 0.2) is 60.7 Å². The lowest BCUT2D eigenvalue weighted by Gasteiger charge is -2.09. The molecule has 0 atom stereocenters. The van der Waals surface area contributed by atoms with E-state index in [1.54, 1.807) is 12.1 Å². The first-order valence-electron chi connectivity index (χ1n) is 6.17. The molecule has 19 heavy (non-hydrogen) atoms. The summed E-state index contributed by atoms with van der Waals surface area (Å²) < 4.78 is 13.8. The van der Waals surface area contributed by atoms with Crippen molar-refractivity contribution in [2.75, 3.05) is 0 Å². The first kappa shape index (κ1) is 11.9. The van der Waals surface area contributed by atoms with Crippen LogP contribution in [0.3, 0.4) is 0 Å². The second-order valence-electron chi connectivity index (χ2n) is 4.50. The summed E-state index contributed by atoms with van der Waals surface area (Å²) in [5.74, 6) is -0.210. The summed E-state index contributed by atoms with van der Waals surface area (Å²) in [5.41, 5.74) is 2.82. The fourth-order valence-corrected chi connectivity index (χ4v) is 2.35. The summed E-state index contributed by atoms with van der Waals surface area (Å²) in [6.07, 6.45) is 0. The van der Waals surface area contributed by atoms with Crippen LogP contribution in [0.5, 0.6) is 0 Å². The topological polar surface area (TPSA) is 20.2 Å². The second-order valence-corrected chi connectivity index (χ2v) is 4.50. The number of hydrogen-bond acceptors (Lipinski definition) is 1. The van der Waals surface area contributed by atoms with Gasteiger partial charge in [-0.1, -0.05) is 48.5 Å². The van der Waals surface area contributed by atoms with Crippen molar-refractivity contribution in [2.45, 2.75) is 6.61 Å². The van der Waals surface area contributed by atoms with Crippen LogP contribution < -0.4 is 0 Å².